The van der Waals surface area contributed by atoms with E-state index in [0.717, 1.165) is 6.20 Å². The van der Waals surface area contributed by atoms with Crippen LogP contribution in [0.15, 0.2) is 6.20 Å². The van der Waals surface area contributed by atoms with Crippen LogP contribution in [0.1, 0.15) is 28.0 Å². The number of halogens is 6. The second-order valence-electron chi connectivity index (χ2n) is 3.00. The van der Waals surface area contributed by atoms with Crippen molar-refractivity contribution in [1.29, 1.82) is 0 Å². The van der Waals surface area contributed by atoms with Gasteiger partial charge >= 0.3 is 6.36 Å². The predicted molar refractivity (Wildman–Crippen MR) is 53.9 cm³/mol. The highest BCUT2D eigenvalue weighted by atomic mass is 79.9. The van der Waals surface area contributed by atoms with Crippen molar-refractivity contribution < 1.29 is 31.5 Å². The lowest BCUT2D eigenvalue weighted by molar-refractivity contribution is -0.275. The number of rotatable bonds is 4. The van der Waals surface area contributed by atoms with E-state index in [-0.39, 0.29) is 17.3 Å². The number of carbonyl (C=O) groups excluding carboxylic acids is 1. The molecule has 100 valence electrons. The summed E-state index contributed by atoms with van der Waals surface area (Å²) in [5.41, 5.74) is -2.13. The molecule has 0 bridgehead atoms. The number of carbonyl (C=O) groups is 1. The summed E-state index contributed by atoms with van der Waals surface area (Å²) in [5.74, 6) is -1.14. The molecule has 0 unspecified atom stereocenters. The van der Waals surface area contributed by atoms with E-state index in [1.807, 2.05) is 0 Å². The summed E-state index contributed by atoms with van der Waals surface area (Å²) in [6.45, 7) is 0. The Hall–Kier alpha value is -1.25. The van der Waals surface area contributed by atoms with E-state index in [4.69, 9.17) is 0 Å². The van der Waals surface area contributed by atoms with Crippen LogP contribution in [0.4, 0.5) is 22.0 Å². The summed E-state index contributed by atoms with van der Waals surface area (Å²) in [7, 11) is 0. The molecule has 1 aromatic heterocycles. The molecule has 3 nitrogen and oxygen atoms in total. The van der Waals surface area contributed by atoms with Gasteiger partial charge in [-0.15, -0.1) is 13.2 Å². The number of aldehydes is 1. The van der Waals surface area contributed by atoms with Crippen LogP contribution >= 0.6 is 15.9 Å². The number of pyridine rings is 1. The fourth-order valence-corrected chi connectivity index (χ4v) is 1.61. The molecule has 0 aliphatic carbocycles. The lowest BCUT2D eigenvalue weighted by Crippen LogP contribution is -2.20. The van der Waals surface area contributed by atoms with Crippen LogP contribution in [0.3, 0.4) is 0 Å². The van der Waals surface area contributed by atoms with Gasteiger partial charge in [0.05, 0.1) is 11.3 Å². The standard InChI is InChI=1S/C9H5BrF5NO2/c10-1-5-7(18-9(13,14)15)6(8(11)12)4(3-17)2-16-5/h2-3,8H,1H2. The van der Waals surface area contributed by atoms with Gasteiger partial charge in [0.2, 0.25) is 0 Å². The molecule has 0 fully saturated rings. The molecule has 0 aromatic carbocycles. The van der Waals surface area contributed by atoms with Gasteiger partial charge in [0.15, 0.2) is 12.0 Å². The lowest BCUT2D eigenvalue weighted by atomic mass is 10.1. The van der Waals surface area contributed by atoms with Crippen LogP contribution < -0.4 is 4.74 Å². The zero-order valence-electron chi connectivity index (χ0n) is 8.47. The molecular formula is C9H5BrF5NO2. The minimum atomic E-state index is -5.15. The topological polar surface area (TPSA) is 39.2 Å². The van der Waals surface area contributed by atoms with Gasteiger partial charge in [0.1, 0.15) is 0 Å². The fraction of sp³-hybridized carbons (Fsp3) is 0.333. The summed E-state index contributed by atoms with van der Waals surface area (Å²) < 4.78 is 65.4. The number of aromatic nitrogens is 1. The molecule has 0 aliphatic heterocycles. The summed E-state index contributed by atoms with van der Waals surface area (Å²) in [4.78, 5) is 14.0. The second kappa shape index (κ2) is 5.59. The third kappa shape index (κ3) is 3.37. The van der Waals surface area contributed by atoms with Crippen LogP contribution in [0.5, 0.6) is 5.75 Å². The molecule has 0 N–H and O–H groups in total. The van der Waals surface area contributed by atoms with Gasteiger partial charge in [-0.1, -0.05) is 15.9 Å². The molecular weight excluding hydrogens is 329 g/mol. The smallest absolute Gasteiger partial charge is 0.403 e. The average Bonchev–Trinajstić information content (AvgIpc) is 2.25. The number of ether oxygens (including phenoxy) is 1. The molecule has 0 radical (unpaired) electrons. The highest BCUT2D eigenvalue weighted by Gasteiger charge is 2.35. The van der Waals surface area contributed by atoms with E-state index < -0.39 is 29.7 Å². The molecule has 0 aliphatic rings. The van der Waals surface area contributed by atoms with Crippen molar-refractivity contribution in [2.24, 2.45) is 0 Å². The maximum atomic E-state index is 12.7. The summed E-state index contributed by atoms with van der Waals surface area (Å²) in [5, 5.41) is -0.225. The average molecular weight is 334 g/mol. The van der Waals surface area contributed by atoms with Crippen LogP contribution in [0, 0.1) is 0 Å². The Morgan fingerprint density at radius 2 is 2.06 bits per heavy atom. The van der Waals surface area contributed by atoms with Crippen molar-refractivity contribution in [3.05, 3.63) is 23.0 Å². The first-order valence-electron chi connectivity index (χ1n) is 4.37. The van der Waals surface area contributed by atoms with Gasteiger partial charge in [-0.05, 0) is 0 Å². The van der Waals surface area contributed by atoms with Gasteiger partial charge in [0, 0.05) is 17.1 Å². The minimum absolute atomic E-state index is 0.00423. The highest BCUT2D eigenvalue weighted by Crippen LogP contribution is 2.37. The maximum absolute atomic E-state index is 12.7. The molecule has 1 rings (SSSR count). The molecule has 0 saturated heterocycles. The van der Waals surface area contributed by atoms with Crippen LogP contribution in [0.25, 0.3) is 0 Å². The van der Waals surface area contributed by atoms with Gasteiger partial charge in [-0.3, -0.25) is 9.78 Å². The van der Waals surface area contributed by atoms with Crippen LogP contribution in [-0.4, -0.2) is 17.6 Å². The van der Waals surface area contributed by atoms with E-state index in [1.54, 1.807) is 0 Å². The van der Waals surface area contributed by atoms with Gasteiger partial charge in [0.25, 0.3) is 6.43 Å². The molecule has 0 spiro atoms. The highest BCUT2D eigenvalue weighted by molar-refractivity contribution is 9.08. The van der Waals surface area contributed by atoms with E-state index >= 15 is 0 Å². The minimum Gasteiger partial charge on any atom is -0.403 e. The van der Waals surface area contributed by atoms with E-state index in [2.05, 4.69) is 25.7 Å². The van der Waals surface area contributed by atoms with E-state index in [9.17, 15) is 26.7 Å². The molecule has 0 saturated carbocycles. The maximum Gasteiger partial charge on any atom is 0.573 e. The molecule has 0 amide bonds. The Morgan fingerprint density at radius 1 is 1.44 bits per heavy atom. The summed E-state index contributed by atoms with van der Waals surface area (Å²) in [6, 6.07) is 0. The summed E-state index contributed by atoms with van der Waals surface area (Å²) >= 11 is 2.80. The van der Waals surface area contributed by atoms with Crippen molar-refractivity contribution in [3.63, 3.8) is 0 Å². The number of alkyl halides is 6. The number of nitrogens with zero attached hydrogens (tertiary/aromatic N) is 1. The Kier molecular flexibility index (Phi) is 4.60. The van der Waals surface area contributed by atoms with Crippen molar-refractivity contribution in [3.8, 4) is 5.75 Å². The molecule has 18 heavy (non-hydrogen) atoms. The van der Waals surface area contributed by atoms with Crippen molar-refractivity contribution in [2.45, 2.75) is 18.1 Å². The van der Waals surface area contributed by atoms with Crippen LogP contribution in [-0.2, 0) is 5.33 Å². The number of hydrogen-bond donors (Lipinski definition) is 0. The van der Waals surface area contributed by atoms with Gasteiger partial charge < -0.3 is 4.74 Å². The first-order chi connectivity index (χ1) is 8.30. The zero-order chi connectivity index (χ0) is 13.9. The monoisotopic (exact) mass is 333 g/mol. The SMILES string of the molecule is O=Cc1cnc(CBr)c(OC(F)(F)F)c1C(F)F. The Bertz CT molecular complexity index is 449. The Balaban J connectivity index is 3.45. The van der Waals surface area contributed by atoms with E-state index in [0.29, 0.717) is 0 Å². The van der Waals surface area contributed by atoms with Crippen molar-refractivity contribution in [2.75, 3.05) is 0 Å². The Morgan fingerprint density at radius 3 is 2.44 bits per heavy atom. The lowest BCUT2D eigenvalue weighted by Gasteiger charge is -2.16. The van der Waals surface area contributed by atoms with Crippen molar-refractivity contribution >= 4 is 22.2 Å². The first kappa shape index (κ1) is 14.8. The summed E-state index contributed by atoms with van der Waals surface area (Å²) in [6.07, 6.45) is -7.67. The van der Waals surface area contributed by atoms with E-state index in [1.165, 1.54) is 0 Å². The normalized spacial score (nSPS) is 11.7. The molecule has 1 aromatic rings. The largest absolute Gasteiger partial charge is 0.573 e. The Labute approximate surface area is 106 Å². The van der Waals surface area contributed by atoms with Crippen LogP contribution in [0.2, 0.25) is 0 Å². The third-order valence-electron chi connectivity index (χ3n) is 1.87. The predicted octanol–water partition coefficient (Wildman–Crippen LogP) is 3.63. The fourth-order valence-electron chi connectivity index (χ4n) is 1.21. The molecule has 0 atom stereocenters. The third-order valence-corrected chi connectivity index (χ3v) is 2.40. The zero-order valence-corrected chi connectivity index (χ0v) is 10.1. The van der Waals surface area contributed by atoms with Gasteiger partial charge in [-0.2, -0.15) is 0 Å². The van der Waals surface area contributed by atoms with Crippen molar-refractivity contribution in [1.82, 2.24) is 4.98 Å². The van der Waals surface area contributed by atoms with Gasteiger partial charge in [-0.25, -0.2) is 8.78 Å². The molecule has 9 heteroatoms. The second-order valence-corrected chi connectivity index (χ2v) is 3.56. The quantitative estimate of drug-likeness (QED) is 0.480. The first-order valence-corrected chi connectivity index (χ1v) is 5.49. The molecule has 1 heterocycles. The number of hydrogen-bond acceptors (Lipinski definition) is 3.